The van der Waals surface area contributed by atoms with Crippen molar-refractivity contribution < 1.29 is 18.3 Å². The summed E-state index contributed by atoms with van der Waals surface area (Å²) >= 11 is 3.36. The highest BCUT2D eigenvalue weighted by atomic mass is 79.9. The van der Waals surface area contributed by atoms with Crippen molar-refractivity contribution in [2.24, 2.45) is 0 Å². The van der Waals surface area contributed by atoms with E-state index in [9.17, 15) is 13.5 Å². The van der Waals surface area contributed by atoms with Crippen LogP contribution in [0.5, 0.6) is 0 Å². The van der Waals surface area contributed by atoms with Gasteiger partial charge < -0.3 is 9.84 Å². The van der Waals surface area contributed by atoms with Gasteiger partial charge in [0.25, 0.3) is 0 Å². The summed E-state index contributed by atoms with van der Waals surface area (Å²) in [5.74, 6) is 0. The molecule has 0 saturated carbocycles. The molecule has 1 aliphatic rings. The molecule has 0 bridgehead atoms. The molecule has 0 aliphatic carbocycles. The molecule has 7 heteroatoms. The number of aliphatic hydroxyl groups excluding tert-OH is 1. The van der Waals surface area contributed by atoms with Crippen LogP contribution in [0.25, 0.3) is 0 Å². The van der Waals surface area contributed by atoms with Gasteiger partial charge in [-0.1, -0.05) is 6.07 Å². The molecule has 2 rings (SSSR count). The molecule has 1 saturated heterocycles. The first kappa shape index (κ1) is 16.9. The van der Waals surface area contributed by atoms with Gasteiger partial charge >= 0.3 is 0 Å². The summed E-state index contributed by atoms with van der Waals surface area (Å²) in [6.45, 7) is 6.39. The number of hydrogen-bond donors (Lipinski definition) is 1. The first-order chi connectivity index (χ1) is 9.67. The highest BCUT2D eigenvalue weighted by Gasteiger charge is 2.36. The Morgan fingerprint density at radius 3 is 2.67 bits per heavy atom. The minimum atomic E-state index is -3.62. The largest absolute Gasteiger partial charge is 0.392 e. The number of benzene rings is 1. The lowest BCUT2D eigenvalue weighted by Gasteiger charge is -2.37. The van der Waals surface area contributed by atoms with Crippen LogP contribution in [0.1, 0.15) is 25.0 Å². The Morgan fingerprint density at radius 1 is 1.43 bits per heavy atom. The number of ether oxygens (including phenoxy) is 1. The Labute approximate surface area is 134 Å². The van der Waals surface area contributed by atoms with Gasteiger partial charge in [0.2, 0.25) is 10.0 Å². The SMILES string of the molecule is Cc1cc(CO)cc(S(=O)(=O)N2CCOC(C)(C)C2)c1Br. The zero-order valence-corrected chi connectivity index (χ0v) is 14.8. The minimum absolute atomic E-state index is 0.189. The second-order valence-electron chi connectivity index (χ2n) is 5.83. The van der Waals surface area contributed by atoms with Gasteiger partial charge in [-0.3, -0.25) is 0 Å². The molecule has 0 amide bonds. The Kier molecular flexibility index (Phi) is 4.80. The molecule has 0 atom stereocenters. The molecule has 0 spiro atoms. The maximum atomic E-state index is 12.9. The van der Waals surface area contributed by atoms with Crippen LogP contribution in [0.15, 0.2) is 21.5 Å². The molecule has 0 unspecified atom stereocenters. The Morgan fingerprint density at radius 2 is 2.10 bits per heavy atom. The second-order valence-corrected chi connectivity index (χ2v) is 8.53. The summed E-state index contributed by atoms with van der Waals surface area (Å²) < 4.78 is 33.3. The van der Waals surface area contributed by atoms with Gasteiger partial charge in [0, 0.05) is 17.6 Å². The molecule has 1 heterocycles. The lowest BCUT2D eigenvalue weighted by Crippen LogP contribution is -2.50. The number of hydrogen-bond acceptors (Lipinski definition) is 4. The van der Waals surface area contributed by atoms with Crippen molar-refractivity contribution in [2.45, 2.75) is 37.9 Å². The van der Waals surface area contributed by atoms with E-state index in [4.69, 9.17) is 4.74 Å². The number of aryl methyl sites for hydroxylation is 1. The average molecular weight is 378 g/mol. The van der Waals surface area contributed by atoms with Crippen LogP contribution in [0, 0.1) is 6.92 Å². The van der Waals surface area contributed by atoms with Crippen molar-refractivity contribution in [1.29, 1.82) is 0 Å². The quantitative estimate of drug-likeness (QED) is 0.874. The van der Waals surface area contributed by atoms with E-state index in [1.165, 1.54) is 10.4 Å². The summed E-state index contributed by atoms with van der Waals surface area (Å²) in [5, 5.41) is 9.29. The summed E-state index contributed by atoms with van der Waals surface area (Å²) in [6.07, 6.45) is 0. The Balaban J connectivity index is 2.47. The smallest absolute Gasteiger partial charge is 0.244 e. The first-order valence-corrected chi connectivity index (χ1v) is 8.95. The Bertz CT molecular complexity index is 643. The Hall–Kier alpha value is -0.470. The standard InChI is InChI=1S/C14H20BrNO4S/c1-10-6-11(8-17)7-12(13(10)15)21(18,19)16-4-5-20-14(2,3)9-16/h6-7,17H,4-5,8-9H2,1-3H3. The fraction of sp³-hybridized carbons (Fsp3) is 0.571. The van der Waals surface area contributed by atoms with E-state index in [1.54, 1.807) is 6.07 Å². The first-order valence-electron chi connectivity index (χ1n) is 6.71. The van der Waals surface area contributed by atoms with Crippen LogP contribution >= 0.6 is 15.9 Å². The number of morpholine rings is 1. The number of sulfonamides is 1. The summed E-state index contributed by atoms with van der Waals surface area (Å²) in [5.41, 5.74) is 0.871. The topological polar surface area (TPSA) is 66.8 Å². The third kappa shape index (κ3) is 3.48. The van der Waals surface area contributed by atoms with Crippen molar-refractivity contribution in [2.75, 3.05) is 19.7 Å². The molecule has 1 fully saturated rings. The highest BCUT2D eigenvalue weighted by molar-refractivity contribution is 9.10. The average Bonchev–Trinajstić information content (AvgIpc) is 2.40. The van der Waals surface area contributed by atoms with Crippen LogP contribution in [0.4, 0.5) is 0 Å². The molecule has 5 nitrogen and oxygen atoms in total. The number of nitrogens with zero attached hydrogens (tertiary/aromatic N) is 1. The molecule has 1 N–H and O–H groups in total. The fourth-order valence-corrected chi connectivity index (χ4v) is 5.01. The molecule has 1 aromatic carbocycles. The predicted octanol–water partition coefficient (Wildman–Crippen LogP) is 2.05. The van der Waals surface area contributed by atoms with Crippen molar-refractivity contribution in [3.63, 3.8) is 0 Å². The molecular formula is C14H20BrNO4S. The number of halogens is 1. The van der Waals surface area contributed by atoms with Gasteiger partial charge in [-0.15, -0.1) is 0 Å². The van der Waals surface area contributed by atoms with E-state index in [1.807, 2.05) is 20.8 Å². The van der Waals surface area contributed by atoms with E-state index < -0.39 is 15.6 Å². The van der Waals surface area contributed by atoms with E-state index in [0.29, 0.717) is 29.7 Å². The second kappa shape index (κ2) is 5.96. The van der Waals surface area contributed by atoms with E-state index in [2.05, 4.69) is 15.9 Å². The number of aliphatic hydroxyl groups is 1. The molecule has 21 heavy (non-hydrogen) atoms. The van der Waals surface area contributed by atoms with Crippen LogP contribution in [0.2, 0.25) is 0 Å². The summed E-state index contributed by atoms with van der Waals surface area (Å²) in [4.78, 5) is 0.198. The lowest BCUT2D eigenvalue weighted by atomic mass is 10.1. The maximum Gasteiger partial charge on any atom is 0.244 e. The van der Waals surface area contributed by atoms with Crippen molar-refractivity contribution in [3.05, 3.63) is 27.7 Å². The van der Waals surface area contributed by atoms with Crippen molar-refractivity contribution >= 4 is 26.0 Å². The fourth-order valence-electron chi connectivity index (χ4n) is 2.41. The molecule has 0 radical (unpaired) electrons. The predicted molar refractivity (Wildman–Crippen MR) is 83.6 cm³/mol. The zero-order valence-electron chi connectivity index (χ0n) is 12.4. The van der Waals surface area contributed by atoms with Crippen molar-refractivity contribution in [1.82, 2.24) is 4.31 Å². The van der Waals surface area contributed by atoms with Crippen LogP contribution in [-0.2, 0) is 21.4 Å². The maximum absolute atomic E-state index is 12.9. The third-order valence-electron chi connectivity index (χ3n) is 3.47. The highest BCUT2D eigenvalue weighted by Crippen LogP contribution is 2.31. The van der Waals surface area contributed by atoms with Crippen molar-refractivity contribution in [3.8, 4) is 0 Å². The van der Waals surface area contributed by atoms with Gasteiger partial charge in [0.1, 0.15) is 0 Å². The van der Waals surface area contributed by atoms with Crippen LogP contribution in [0.3, 0.4) is 0 Å². The summed E-state index contributed by atoms with van der Waals surface area (Å²) in [6, 6.07) is 3.29. The van der Waals surface area contributed by atoms with Gasteiger partial charge in [-0.2, -0.15) is 4.31 Å². The molecule has 1 aromatic rings. The van der Waals surface area contributed by atoms with Crippen LogP contribution in [-0.4, -0.2) is 43.1 Å². The number of rotatable bonds is 3. The zero-order chi connectivity index (χ0) is 15.8. The van der Waals surface area contributed by atoms with Gasteiger partial charge in [-0.05, 0) is 53.9 Å². The molecule has 1 aliphatic heterocycles. The van der Waals surface area contributed by atoms with E-state index >= 15 is 0 Å². The van der Waals surface area contributed by atoms with E-state index in [0.717, 1.165) is 5.56 Å². The van der Waals surface area contributed by atoms with Crippen LogP contribution < -0.4 is 0 Å². The monoisotopic (exact) mass is 377 g/mol. The molecule has 0 aromatic heterocycles. The minimum Gasteiger partial charge on any atom is -0.392 e. The van der Waals surface area contributed by atoms with Gasteiger partial charge in [-0.25, -0.2) is 8.42 Å². The van der Waals surface area contributed by atoms with E-state index in [-0.39, 0.29) is 11.5 Å². The lowest BCUT2D eigenvalue weighted by molar-refractivity contribution is -0.0640. The molecular weight excluding hydrogens is 358 g/mol. The summed E-state index contributed by atoms with van der Waals surface area (Å²) in [7, 11) is -3.62. The normalized spacial score (nSPS) is 19.7. The third-order valence-corrected chi connectivity index (χ3v) is 6.66. The molecule has 118 valence electrons. The van der Waals surface area contributed by atoms with Gasteiger partial charge in [0.15, 0.2) is 0 Å². The van der Waals surface area contributed by atoms with Gasteiger partial charge in [0.05, 0.1) is 23.7 Å².